The third-order valence-corrected chi connectivity index (χ3v) is 5.07. The lowest BCUT2D eigenvalue weighted by Crippen LogP contribution is -2.28. The van der Waals surface area contributed by atoms with Crippen LogP contribution in [0.25, 0.3) is 11.1 Å². The van der Waals surface area contributed by atoms with Crippen molar-refractivity contribution in [2.45, 2.75) is 18.9 Å². The van der Waals surface area contributed by atoms with Gasteiger partial charge in [-0.05, 0) is 83.7 Å². The molecule has 1 atom stereocenters. The van der Waals surface area contributed by atoms with Crippen LogP contribution < -0.4 is 14.8 Å². The van der Waals surface area contributed by atoms with Crippen LogP contribution in [0.15, 0.2) is 65.4 Å². The van der Waals surface area contributed by atoms with Crippen molar-refractivity contribution in [1.29, 1.82) is 0 Å². The number of thiophene rings is 1. The number of hydrogen-bond acceptors (Lipinski definition) is 4. The quantitative estimate of drug-likeness (QED) is 0.650. The highest BCUT2D eigenvalue weighted by atomic mass is 32.1. The summed E-state index contributed by atoms with van der Waals surface area (Å²) >= 11 is 1.71. The Hall–Kier alpha value is -2.30. The average molecular weight is 351 g/mol. The van der Waals surface area contributed by atoms with Gasteiger partial charge in [-0.1, -0.05) is 12.1 Å². The Balaban J connectivity index is 1.34. The lowest BCUT2D eigenvalue weighted by atomic mass is 10.1. The average Bonchev–Trinajstić information content (AvgIpc) is 3.36. The highest BCUT2D eigenvalue weighted by Crippen LogP contribution is 2.28. The van der Waals surface area contributed by atoms with E-state index in [9.17, 15) is 0 Å². The molecule has 128 valence electrons. The molecule has 1 aliphatic rings. The molecule has 1 saturated heterocycles. The van der Waals surface area contributed by atoms with E-state index in [1.807, 2.05) is 36.4 Å². The van der Waals surface area contributed by atoms with Crippen LogP contribution >= 0.6 is 11.3 Å². The number of rotatable bonds is 6. The van der Waals surface area contributed by atoms with Crippen molar-refractivity contribution in [3.63, 3.8) is 0 Å². The summed E-state index contributed by atoms with van der Waals surface area (Å²) < 4.78 is 11.8. The predicted molar refractivity (Wildman–Crippen MR) is 103 cm³/mol. The van der Waals surface area contributed by atoms with E-state index in [4.69, 9.17) is 9.47 Å². The van der Waals surface area contributed by atoms with Crippen LogP contribution in [0.3, 0.4) is 0 Å². The van der Waals surface area contributed by atoms with Gasteiger partial charge in [0, 0.05) is 6.04 Å². The van der Waals surface area contributed by atoms with Gasteiger partial charge < -0.3 is 14.8 Å². The molecule has 0 unspecified atom stereocenters. The standard InChI is InChI=1S/C21H21NO2S/c1-2-18(22-12-1)14-23-19-7-9-21(10-8-19)24-20-5-3-16(4-6-20)17-11-13-25-15-17/h3-11,13,15,18,22H,1-2,12,14H2/t18-/m1/s1. The van der Waals surface area contributed by atoms with Gasteiger partial charge in [0.2, 0.25) is 0 Å². The number of nitrogens with one attached hydrogen (secondary N) is 1. The monoisotopic (exact) mass is 351 g/mol. The molecule has 3 nitrogen and oxygen atoms in total. The Morgan fingerprint density at radius 3 is 2.24 bits per heavy atom. The topological polar surface area (TPSA) is 30.5 Å². The predicted octanol–water partition coefficient (Wildman–Crippen LogP) is 5.34. The van der Waals surface area contributed by atoms with Crippen molar-refractivity contribution >= 4 is 11.3 Å². The Morgan fingerprint density at radius 2 is 1.60 bits per heavy atom. The minimum absolute atomic E-state index is 0.484. The Bertz CT molecular complexity index is 776. The summed E-state index contributed by atoms with van der Waals surface area (Å²) in [6.45, 7) is 1.83. The molecular formula is C21H21NO2S. The van der Waals surface area contributed by atoms with Crippen molar-refractivity contribution < 1.29 is 9.47 Å². The van der Waals surface area contributed by atoms with Crippen LogP contribution in [0.1, 0.15) is 12.8 Å². The van der Waals surface area contributed by atoms with E-state index >= 15 is 0 Å². The molecule has 0 bridgehead atoms. The molecule has 2 aromatic carbocycles. The van der Waals surface area contributed by atoms with Crippen LogP contribution in [0.5, 0.6) is 17.2 Å². The summed E-state index contributed by atoms with van der Waals surface area (Å²) in [4.78, 5) is 0. The SMILES string of the molecule is c1cc(-c2ccc(Oc3ccc(OC[C@H]4CCCN4)cc3)cc2)cs1. The van der Waals surface area contributed by atoms with Gasteiger partial charge in [-0.15, -0.1) is 0 Å². The van der Waals surface area contributed by atoms with E-state index in [1.54, 1.807) is 11.3 Å². The second-order valence-electron chi connectivity index (χ2n) is 6.21. The minimum Gasteiger partial charge on any atom is -0.492 e. The molecule has 1 aliphatic heterocycles. The lowest BCUT2D eigenvalue weighted by Gasteiger charge is -2.12. The summed E-state index contributed by atoms with van der Waals surface area (Å²) in [6.07, 6.45) is 2.44. The largest absolute Gasteiger partial charge is 0.492 e. The Kier molecular flexibility index (Phi) is 5.00. The summed E-state index contributed by atoms with van der Waals surface area (Å²) in [5, 5.41) is 7.67. The summed E-state index contributed by atoms with van der Waals surface area (Å²) in [5.74, 6) is 2.53. The molecule has 1 N–H and O–H groups in total. The molecule has 0 amide bonds. The highest BCUT2D eigenvalue weighted by molar-refractivity contribution is 7.08. The lowest BCUT2D eigenvalue weighted by molar-refractivity contribution is 0.277. The Labute approximate surface area is 152 Å². The van der Waals surface area contributed by atoms with Gasteiger partial charge in [-0.2, -0.15) is 11.3 Å². The fourth-order valence-electron chi connectivity index (χ4n) is 2.98. The van der Waals surface area contributed by atoms with Crippen molar-refractivity contribution in [2.75, 3.05) is 13.2 Å². The van der Waals surface area contributed by atoms with Crippen molar-refractivity contribution in [1.82, 2.24) is 5.32 Å². The van der Waals surface area contributed by atoms with Gasteiger partial charge in [0.25, 0.3) is 0 Å². The first-order chi connectivity index (χ1) is 12.4. The first kappa shape index (κ1) is 16.2. The third-order valence-electron chi connectivity index (χ3n) is 4.38. The van der Waals surface area contributed by atoms with Crippen molar-refractivity contribution in [2.24, 2.45) is 0 Å². The van der Waals surface area contributed by atoms with Crippen LogP contribution in [-0.2, 0) is 0 Å². The molecule has 0 saturated carbocycles. The molecule has 3 aromatic rings. The first-order valence-corrected chi connectivity index (χ1v) is 9.58. The fraction of sp³-hybridized carbons (Fsp3) is 0.238. The maximum atomic E-state index is 5.92. The normalized spacial score (nSPS) is 16.7. The molecule has 2 heterocycles. The molecule has 4 heteroatoms. The molecule has 0 radical (unpaired) electrons. The summed E-state index contributed by atoms with van der Waals surface area (Å²) in [7, 11) is 0. The van der Waals surface area contributed by atoms with E-state index in [-0.39, 0.29) is 0 Å². The summed E-state index contributed by atoms with van der Waals surface area (Å²) in [6, 6.07) is 18.6. The van der Waals surface area contributed by atoms with E-state index in [1.165, 1.54) is 24.0 Å². The first-order valence-electron chi connectivity index (χ1n) is 8.63. The number of hydrogen-bond donors (Lipinski definition) is 1. The van der Waals surface area contributed by atoms with E-state index in [2.05, 4.69) is 34.3 Å². The molecule has 4 rings (SSSR count). The van der Waals surface area contributed by atoms with E-state index in [0.717, 1.165) is 30.4 Å². The number of benzene rings is 2. The zero-order chi connectivity index (χ0) is 16.9. The third kappa shape index (κ3) is 4.21. The molecule has 25 heavy (non-hydrogen) atoms. The van der Waals surface area contributed by atoms with Gasteiger partial charge in [0.15, 0.2) is 0 Å². The van der Waals surface area contributed by atoms with Gasteiger partial charge in [-0.3, -0.25) is 0 Å². The molecule has 1 aromatic heterocycles. The van der Waals surface area contributed by atoms with Crippen molar-refractivity contribution in [3.8, 4) is 28.4 Å². The van der Waals surface area contributed by atoms with Gasteiger partial charge in [-0.25, -0.2) is 0 Å². The molecule has 0 spiro atoms. The minimum atomic E-state index is 0.484. The fourth-order valence-corrected chi connectivity index (χ4v) is 3.64. The van der Waals surface area contributed by atoms with Crippen LogP contribution in [-0.4, -0.2) is 19.2 Å². The maximum Gasteiger partial charge on any atom is 0.127 e. The summed E-state index contributed by atoms with van der Waals surface area (Å²) in [5.41, 5.74) is 2.45. The van der Waals surface area contributed by atoms with Gasteiger partial charge >= 0.3 is 0 Å². The van der Waals surface area contributed by atoms with Crippen LogP contribution in [0.4, 0.5) is 0 Å². The highest BCUT2D eigenvalue weighted by Gasteiger charge is 2.14. The number of ether oxygens (including phenoxy) is 2. The van der Waals surface area contributed by atoms with Crippen molar-refractivity contribution in [3.05, 3.63) is 65.4 Å². The second kappa shape index (κ2) is 7.72. The zero-order valence-corrected chi connectivity index (χ0v) is 14.8. The molecule has 1 fully saturated rings. The smallest absolute Gasteiger partial charge is 0.127 e. The molecule has 0 aliphatic carbocycles. The van der Waals surface area contributed by atoms with Gasteiger partial charge in [0.1, 0.15) is 23.9 Å². The van der Waals surface area contributed by atoms with Crippen LogP contribution in [0, 0.1) is 0 Å². The van der Waals surface area contributed by atoms with Gasteiger partial charge in [0.05, 0.1) is 0 Å². The maximum absolute atomic E-state index is 5.92. The zero-order valence-electron chi connectivity index (χ0n) is 14.0. The Morgan fingerprint density at radius 1 is 0.880 bits per heavy atom. The second-order valence-corrected chi connectivity index (χ2v) is 6.99. The van der Waals surface area contributed by atoms with E-state index < -0.39 is 0 Å². The van der Waals surface area contributed by atoms with E-state index in [0.29, 0.717) is 6.04 Å². The molecular weight excluding hydrogens is 330 g/mol. The van der Waals surface area contributed by atoms with Crippen LogP contribution in [0.2, 0.25) is 0 Å².